The molecule has 0 amide bonds. The van der Waals surface area contributed by atoms with Crippen LogP contribution >= 0.6 is 0 Å². The van der Waals surface area contributed by atoms with Crippen LogP contribution in [0.2, 0.25) is 0 Å². The molecule has 0 spiro atoms. The molecule has 1 saturated heterocycles. The third-order valence-corrected chi connectivity index (χ3v) is 5.64. The fourth-order valence-electron chi connectivity index (χ4n) is 3.40. The van der Waals surface area contributed by atoms with Gasteiger partial charge in [-0.25, -0.2) is 0 Å². The molecular weight excluding hydrogens is 259 g/mol. The maximum atomic E-state index is 6.23. The lowest BCUT2D eigenvalue weighted by molar-refractivity contribution is 0.00578. The van der Waals surface area contributed by atoms with Gasteiger partial charge in [0.25, 0.3) is 0 Å². The van der Waals surface area contributed by atoms with Crippen molar-refractivity contribution in [1.82, 2.24) is 0 Å². The molecule has 0 radical (unpaired) electrons. The highest BCUT2D eigenvalue weighted by atomic mass is 16.7. The molecule has 1 saturated carbocycles. The maximum Gasteiger partial charge on any atom is 0.495 e. The van der Waals surface area contributed by atoms with Crippen LogP contribution in [0.15, 0.2) is 18.2 Å². The molecule has 3 rings (SSSR count). The maximum absolute atomic E-state index is 6.23. The zero-order valence-electron chi connectivity index (χ0n) is 14.0. The van der Waals surface area contributed by atoms with Gasteiger partial charge in [-0.3, -0.25) is 0 Å². The standard InChI is InChI=1S/C18H27BO2/c1-13-10-11-15(14-8-6-7-9-14)12-16(13)19-20-17(2,3)18(4,5)21-19/h10-12,14H,6-9H2,1-5H3. The minimum atomic E-state index is -0.270. The summed E-state index contributed by atoms with van der Waals surface area (Å²) in [5.41, 5.74) is 3.39. The van der Waals surface area contributed by atoms with Crippen LogP contribution in [0.4, 0.5) is 0 Å². The molecule has 2 fully saturated rings. The first-order valence-electron chi connectivity index (χ1n) is 8.26. The van der Waals surface area contributed by atoms with Crippen LogP contribution in [0, 0.1) is 6.92 Å². The Morgan fingerprint density at radius 2 is 1.57 bits per heavy atom. The SMILES string of the molecule is Cc1ccc(C2CCCC2)cc1B1OC(C)(C)C(C)(C)O1. The Hall–Kier alpha value is -0.795. The van der Waals surface area contributed by atoms with Gasteiger partial charge in [0.2, 0.25) is 0 Å². The Balaban J connectivity index is 1.90. The molecular formula is C18H27BO2. The Labute approximate surface area is 129 Å². The molecule has 0 bridgehead atoms. The number of rotatable bonds is 2. The van der Waals surface area contributed by atoms with Crippen molar-refractivity contribution < 1.29 is 9.31 Å². The van der Waals surface area contributed by atoms with Gasteiger partial charge in [-0.1, -0.05) is 36.6 Å². The van der Waals surface area contributed by atoms with E-state index in [0.29, 0.717) is 0 Å². The molecule has 1 heterocycles. The van der Waals surface area contributed by atoms with Crippen molar-refractivity contribution in [3.05, 3.63) is 29.3 Å². The van der Waals surface area contributed by atoms with E-state index in [1.165, 1.54) is 42.3 Å². The second kappa shape index (κ2) is 5.14. The quantitative estimate of drug-likeness (QED) is 0.766. The monoisotopic (exact) mass is 286 g/mol. The molecule has 1 aliphatic heterocycles. The minimum absolute atomic E-state index is 0.239. The summed E-state index contributed by atoms with van der Waals surface area (Å²) in [5, 5.41) is 0. The second-order valence-electron chi connectivity index (χ2n) is 7.69. The van der Waals surface area contributed by atoms with E-state index in [2.05, 4.69) is 52.8 Å². The molecule has 2 nitrogen and oxygen atoms in total. The summed E-state index contributed by atoms with van der Waals surface area (Å²) < 4.78 is 12.5. The van der Waals surface area contributed by atoms with Crippen molar-refractivity contribution in [2.45, 2.75) is 77.4 Å². The zero-order valence-corrected chi connectivity index (χ0v) is 14.0. The van der Waals surface area contributed by atoms with Gasteiger partial charge in [0.1, 0.15) is 0 Å². The van der Waals surface area contributed by atoms with E-state index in [4.69, 9.17) is 9.31 Å². The molecule has 1 aliphatic carbocycles. The predicted molar refractivity (Wildman–Crippen MR) is 88.1 cm³/mol. The smallest absolute Gasteiger partial charge is 0.399 e. The number of hydrogen-bond donors (Lipinski definition) is 0. The van der Waals surface area contributed by atoms with E-state index in [9.17, 15) is 0 Å². The predicted octanol–water partition coefficient (Wildman–Crippen LogP) is 3.95. The Morgan fingerprint density at radius 3 is 2.14 bits per heavy atom. The Morgan fingerprint density at radius 1 is 1.00 bits per heavy atom. The van der Waals surface area contributed by atoms with Crippen molar-refractivity contribution in [3.8, 4) is 0 Å². The van der Waals surface area contributed by atoms with E-state index >= 15 is 0 Å². The molecule has 0 N–H and O–H groups in total. The van der Waals surface area contributed by atoms with Gasteiger partial charge in [-0.2, -0.15) is 0 Å². The summed E-state index contributed by atoms with van der Waals surface area (Å²) in [6.45, 7) is 10.6. The van der Waals surface area contributed by atoms with Crippen molar-refractivity contribution in [1.29, 1.82) is 0 Å². The molecule has 0 unspecified atom stereocenters. The first-order chi connectivity index (χ1) is 9.80. The largest absolute Gasteiger partial charge is 0.495 e. The Kier molecular flexibility index (Phi) is 3.70. The average Bonchev–Trinajstić information content (AvgIpc) is 2.97. The van der Waals surface area contributed by atoms with Crippen LogP contribution in [0.25, 0.3) is 0 Å². The second-order valence-corrected chi connectivity index (χ2v) is 7.69. The van der Waals surface area contributed by atoms with Gasteiger partial charge in [-0.15, -0.1) is 0 Å². The highest BCUT2D eigenvalue weighted by molar-refractivity contribution is 6.62. The highest BCUT2D eigenvalue weighted by Crippen LogP contribution is 2.38. The van der Waals surface area contributed by atoms with Crippen LogP contribution in [-0.4, -0.2) is 18.3 Å². The normalized spacial score (nSPS) is 24.7. The summed E-state index contributed by atoms with van der Waals surface area (Å²) in [5.74, 6) is 0.728. The molecule has 21 heavy (non-hydrogen) atoms. The molecule has 3 heteroatoms. The number of benzene rings is 1. The van der Waals surface area contributed by atoms with Crippen molar-refractivity contribution in [2.24, 2.45) is 0 Å². The van der Waals surface area contributed by atoms with E-state index in [-0.39, 0.29) is 18.3 Å². The van der Waals surface area contributed by atoms with Gasteiger partial charge in [-0.05, 0) is 64.4 Å². The fourth-order valence-corrected chi connectivity index (χ4v) is 3.40. The summed E-state index contributed by atoms with van der Waals surface area (Å²) in [7, 11) is -0.239. The third kappa shape index (κ3) is 2.66. The van der Waals surface area contributed by atoms with Crippen molar-refractivity contribution >= 4 is 12.6 Å². The van der Waals surface area contributed by atoms with Crippen LogP contribution in [0.1, 0.15) is 70.4 Å². The summed E-state index contributed by atoms with van der Waals surface area (Å²) in [4.78, 5) is 0. The average molecular weight is 286 g/mol. The first-order valence-corrected chi connectivity index (χ1v) is 8.26. The molecule has 0 atom stereocenters. The van der Waals surface area contributed by atoms with Gasteiger partial charge in [0.05, 0.1) is 11.2 Å². The highest BCUT2D eigenvalue weighted by Gasteiger charge is 2.52. The van der Waals surface area contributed by atoms with Gasteiger partial charge in [0.15, 0.2) is 0 Å². The van der Waals surface area contributed by atoms with Gasteiger partial charge in [0, 0.05) is 0 Å². The van der Waals surface area contributed by atoms with Gasteiger partial charge >= 0.3 is 7.12 Å². The van der Waals surface area contributed by atoms with Crippen LogP contribution < -0.4 is 5.46 Å². The molecule has 2 aliphatic rings. The zero-order chi connectivity index (χ0) is 15.3. The fraction of sp³-hybridized carbons (Fsp3) is 0.667. The lowest BCUT2D eigenvalue weighted by atomic mass is 9.74. The van der Waals surface area contributed by atoms with E-state index in [1.54, 1.807) is 0 Å². The van der Waals surface area contributed by atoms with Crippen molar-refractivity contribution in [3.63, 3.8) is 0 Å². The lowest BCUT2D eigenvalue weighted by Crippen LogP contribution is -2.41. The van der Waals surface area contributed by atoms with Crippen LogP contribution in [0.5, 0.6) is 0 Å². The summed E-state index contributed by atoms with van der Waals surface area (Å²) in [6, 6.07) is 6.85. The topological polar surface area (TPSA) is 18.5 Å². The summed E-state index contributed by atoms with van der Waals surface area (Å²) in [6.07, 6.45) is 5.38. The lowest BCUT2D eigenvalue weighted by Gasteiger charge is -2.32. The number of hydrogen-bond acceptors (Lipinski definition) is 2. The molecule has 0 aromatic heterocycles. The molecule has 1 aromatic carbocycles. The van der Waals surface area contributed by atoms with Crippen LogP contribution in [0.3, 0.4) is 0 Å². The van der Waals surface area contributed by atoms with Crippen LogP contribution in [-0.2, 0) is 9.31 Å². The minimum Gasteiger partial charge on any atom is -0.399 e. The van der Waals surface area contributed by atoms with E-state index < -0.39 is 0 Å². The third-order valence-electron chi connectivity index (χ3n) is 5.64. The number of aryl methyl sites for hydroxylation is 1. The Bertz CT molecular complexity index is 514. The molecule has 1 aromatic rings. The van der Waals surface area contributed by atoms with E-state index in [1.807, 2.05) is 0 Å². The van der Waals surface area contributed by atoms with E-state index in [0.717, 1.165) is 5.92 Å². The van der Waals surface area contributed by atoms with Crippen molar-refractivity contribution in [2.75, 3.05) is 0 Å². The molecule has 114 valence electrons. The first kappa shape index (κ1) is 15.1. The summed E-state index contributed by atoms with van der Waals surface area (Å²) >= 11 is 0. The van der Waals surface area contributed by atoms with Gasteiger partial charge < -0.3 is 9.31 Å².